The zero-order valence-electron chi connectivity index (χ0n) is 11.9. The fourth-order valence-corrected chi connectivity index (χ4v) is 2.83. The summed E-state index contributed by atoms with van der Waals surface area (Å²) >= 11 is 0. The van der Waals surface area contributed by atoms with E-state index in [-0.39, 0.29) is 17.0 Å². The maximum Gasteiger partial charge on any atom is 0.259 e. The molecule has 0 fully saturated rings. The third-order valence-electron chi connectivity index (χ3n) is 2.81. The van der Waals surface area contributed by atoms with Gasteiger partial charge in [-0.3, -0.25) is 0 Å². The van der Waals surface area contributed by atoms with Crippen LogP contribution in [-0.4, -0.2) is 35.7 Å². The first-order valence-electron chi connectivity index (χ1n) is 6.43. The van der Waals surface area contributed by atoms with Crippen LogP contribution >= 0.6 is 0 Å². The van der Waals surface area contributed by atoms with Crippen molar-refractivity contribution in [3.8, 4) is 0 Å². The third kappa shape index (κ3) is 4.93. The van der Waals surface area contributed by atoms with Crippen LogP contribution in [0.4, 0.5) is 0 Å². The standard InChI is InChI=1S/C12H23N3O3S/c1-9(2)15-7-12(13-8-15)19(17,18)14-6-10(3)5-11(4)16/h7-11,14,16H,5-6H2,1-4H3. The number of aliphatic hydroxyl groups is 1. The summed E-state index contributed by atoms with van der Waals surface area (Å²) in [7, 11) is -3.57. The van der Waals surface area contributed by atoms with Crippen molar-refractivity contribution in [1.82, 2.24) is 14.3 Å². The minimum absolute atomic E-state index is 0.0328. The van der Waals surface area contributed by atoms with Crippen LogP contribution < -0.4 is 4.72 Å². The molecule has 19 heavy (non-hydrogen) atoms. The summed E-state index contributed by atoms with van der Waals surface area (Å²) in [5, 5.41) is 9.27. The van der Waals surface area contributed by atoms with Gasteiger partial charge < -0.3 is 9.67 Å². The number of hydrogen-bond acceptors (Lipinski definition) is 4. The lowest BCUT2D eigenvalue weighted by Crippen LogP contribution is -2.29. The van der Waals surface area contributed by atoms with Gasteiger partial charge in [-0.2, -0.15) is 0 Å². The summed E-state index contributed by atoms with van der Waals surface area (Å²) in [4.78, 5) is 3.91. The van der Waals surface area contributed by atoms with Crippen LogP contribution in [-0.2, 0) is 10.0 Å². The van der Waals surface area contributed by atoms with E-state index < -0.39 is 16.1 Å². The van der Waals surface area contributed by atoms with E-state index in [9.17, 15) is 13.5 Å². The van der Waals surface area contributed by atoms with Crippen LogP contribution in [0.25, 0.3) is 0 Å². The van der Waals surface area contributed by atoms with E-state index in [2.05, 4.69) is 9.71 Å². The molecule has 0 bridgehead atoms. The fraction of sp³-hybridized carbons (Fsp3) is 0.750. The lowest BCUT2D eigenvalue weighted by Gasteiger charge is -2.13. The molecule has 1 aromatic rings. The van der Waals surface area contributed by atoms with Gasteiger partial charge in [0.25, 0.3) is 10.0 Å². The molecule has 2 N–H and O–H groups in total. The number of aliphatic hydroxyl groups excluding tert-OH is 1. The predicted octanol–water partition coefficient (Wildman–Crippen LogP) is 1.15. The summed E-state index contributed by atoms with van der Waals surface area (Å²) in [6, 6.07) is 0.172. The van der Waals surface area contributed by atoms with Crippen LogP contribution in [0, 0.1) is 5.92 Å². The molecule has 1 heterocycles. The highest BCUT2D eigenvalue weighted by molar-refractivity contribution is 7.89. The van der Waals surface area contributed by atoms with E-state index in [4.69, 9.17) is 0 Å². The van der Waals surface area contributed by atoms with E-state index in [1.54, 1.807) is 11.5 Å². The molecule has 0 amide bonds. The highest BCUT2D eigenvalue weighted by Gasteiger charge is 2.19. The van der Waals surface area contributed by atoms with Gasteiger partial charge in [-0.1, -0.05) is 6.92 Å². The van der Waals surface area contributed by atoms with Crippen LogP contribution in [0.5, 0.6) is 0 Å². The second-order valence-corrected chi connectivity index (χ2v) is 7.01. The van der Waals surface area contributed by atoms with Crippen molar-refractivity contribution >= 4 is 10.0 Å². The van der Waals surface area contributed by atoms with Gasteiger partial charge in [0.15, 0.2) is 5.03 Å². The van der Waals surface area contributed by atoms with E-state index in [1.807, 2.05) is 20.8 Å². The Kier molecular flexibility index (Phi) is 5.51. The number of imidazole rings is 1. The molecule has 6 nitrogen and oxygen atoms in total. The molecular weight excluding hydrogens is 266 g/mol. The Morgan fingerprint density at radius 1 is 1.37 bits per heavy atom. The van der Waals surface area contributed by atoms with Gasteiger partial charge in [0.05, 0.1) is 12.4 Å². The van der Waals surface area contributed by atoms with Crippen molar-refractivity contribution in [3.05, 3.63) is 12.5 Å². The van der Waals surface area contributed by atoms with Crippen molar-refractivity contribution < 1.29 is 13.5 Å². The average Bonchev–Trinajstić information content (AvgIpc) is 2.75. The van der Waals surface area contributed by atoms with Gasteiger partial charge in [0, 0.05) is 18.8 Å². The molecule has 0 aromatic carbocycles. The molecule has 2 unspecified atom stereocenters. The van der Waals surface area contributed by atoms with E-state index in [1.165, 1.54) is 12.5 Å². The molecular formula is C12H23N3O3S. The summed E-state index contributed by atoms with van der Waals surface area (Å²) in [5.41, 5.74) is 0. The largest absolute Gasteiger partial charge is 0.393 e. The highest BCUT2D eigenvalue weighted by atomic mass is 32.2. The van der Waals surface area contributed by atoms with Gasteiger partial charge in [0.1, 0.15) is 0 Å². The summed E-state index contributed by atoms with van der Waals surface area (Å²) in [6.07, 6.45) is 3.16. The first-order chi connectivity index (χ1) is 8.72. The predicted molar refractivity (Wildman–Crippen MR) is 73.3 cm³/mol. The Labute approximate surface area is 114 Å². The van der Waals surface area contributed by atoms with Crippen LogP contribution in [0.3, 0.4) is 0 Å². The first kappa shape index (κ1) is 16.1. The zero-order chi connectivity index (χ0) is 14.6. The first-order valence-corrected chi connectivity index (χ1v) is 7.92. The van der Waals surface area contributed by atoms with Gasteiger partial charge in [-0.25, -0.2) is 18.1 Å². The van der Waals surface area contributed by atoms with E-state index in [0.717, 1.165) is 0 Å². The average molecular weight is 289 g/mol. The minimum atomic E-state index is -3.57. The molecule has 0 saturated heterocycles. The molecule has 0 aliphatic carbocycles. The summed E-state index contributed by atoms with van der Waals surface area (Å²) < 4.78 is 28.3. The normalized spacial score (nSPS) is 15.7. The van der Waals surface area contributed by atoms with Crippen molar-refractivity contribution in [2.45, 2.75) is 51.3 Å². The number of hydrogen-bond donors (Lipinski definition) is 2. The quantitative estimate of drug-likeness (QED) is 0.788. The monoisotopic (exact) mass is 289 g/mol. The zero-order valence-corrected chi connectivity index (χ0v) is 12.7. The Balaban J connectivity index is 2.65. The lowest BCUT2D eigenvalue weighted by atomic mass is 10.1. The van der Waals surface area contributed by atoms with Gasteiger partial charge in [0.2, 0.25) is 0 Å². The molecule has 0 spiro atoms. The topological polar surface area (TPSA) is 84.2 Å². The third-order valence-corrected chi connectivity index (χ3v) is 4.12. The number of sulfonamides is 1. The molecule has 0 radical (unpaired) electrons. The Morgan fingerprint density at radius 3 is 2.47 bits per heavy atom. The molecule has 1 aromatic heterocycles. The second-order valence-electron chi connectivity index (χ2n) is 5.29. The van der Waals surface area contributed by atoms with Crippen molar-refractivity contribution in [1.29, 1.82) is 0 Å². The number of rotatable bonds is 7. The van der Waals surface area contributed by atoms with Crippen LogP contribution in [0.15, 0.2) is 17.6 Å². The summed E-state index contributed by atoms with van der Waals surface area (Å²) in [6.45, 7) is 7.78. The maximum absolute atomic E-state index is 12.0. The molecule has 0 saturated carbocycles. The van der Waals surface area contributed by atoms with Crippen LogP contribution in [0.2, 0.25) is 0 Å². The molecule has 7 heteroatoms. The van der Waals surface area contributed by atoms with Gasteiger partial charge in [-0.05, 0) is 33.1 Å². The smallest absolute Gasteiger partial charge is 0.259 e. The minimum Gasteiger partial charge on any atom is -0.393 e. The number of nitrogens with zero attached hydrogens (tertiary/aromatic N) is 2. The Morgan fingerprint density at radius 2 is 2.00 bits per heavy atom. The second kappa shape index (κ2) is 6.49. The highest BCUT2D eigenvalue weighted by Crippen LogP contribution is 2.11. The molecule has 1 rings (SSSR count). The molecule has 0 aliphatic heterocycles. The summed E-state index contributed by atoms with van der Waals surface area (Å²) in [5.74, 6) is 0.0713. The Bertz CT molecular complexity index is 494. The lowest BCUT2D eigenvalue weighted by molar-refractivity contribution is 0.165. The molecule has 0 aliphatic rings. The van der Waals surface area contributed by atoms with Crippen molar-refractivity contribution in [3.63, 3.8) is 0 Å². The van der Waals surface area contributed by atoms with Crippen LogP contribution in [0.1, 0.15) is 40.2 Å². The molecule has 110 valence electrons. The number of aromatic nitrogens is 2. The fourth-order valence-electron chi connectivity index (χ4n) is 1.73. The van der Waals surface area contributed by atoms with Gasteiger partial charge >= 0.3 is 0 Å². The maximum atomic E-state index is 12.0. The van der Waals surface area contributed by atoms with Crippen molar-refractivity contribution in [2.24, 2.45) is 5.92 Å². The number of nitrogens with one attached hydrogen (secondary N) is 1. The van der Waals surface area contributed by atoms with E-state index >= 15 is 0 Å². The molecule has 2 atom stereocenters. The van der Waals surface area contributed by atoms with E-state index in [0.29, 0.717) is 13.0 Å². The Hall–Kier alpha value is -0.920. The SMILES string of the molecule is CC(O)CC(C)CNS(=O)(=O)c1cn(C(C)C)cn1. The van der Waals surface area contributed by atoms with Crippen molar-refractivity contribution in [2.75, 3.05) is 6.54 Å². The van der Waals surface area contributed by atoms with Gasteiger partial charge in [-0.15, -0.1) is 0 Å².